The summed E-state index contributed by atoms with van der Waals surface area (Å²) < 4.78 is 5.88. The molecule has 0 bridgehead atoms. The summed E-state index contributed by atoms with van der Waals surface area (Å²) in [5.41, 5.74) is 5.66. The van der Waals surface area contributed by atoms with E-state index < -0.39 is 0 Å². The Balaban J connectivity index is 1.73. The molecule has 1 aliphatic carbocycles. The van der Waals surface area contributed by atoms with E-state index in [1.165, 1.54) is 25.6 Å². The fourth-order valence-electron chi connectivity index (χ4n) is 2.47. The first-order valence-corrected chi connectivity index (χ1v) is 6.95. The Morgan fingerprint density at radius 3 is 2.65 bits per heavy atom. The molecule has 0 unspecified atom stereocenters. The van der Waals surface area contributed by atoms with Crippen molar-refractivity contribution >= 4 is 5.95 Å². The highest BCUT2D eigenvalue weighted by molar-refractivity contribution is 5.21. The van der Waals surface area contributed by atoms with Crippen LogP contribution in [0.2, 0.25) is 0 Å². The maximum Gasteiger partial charge on any atom is 0.223 e. The van der Waals surface area contributed by atoms with Crippen molar-refractivity contribution in [2.75, 3.05) is 12.3 Å². The van der Waals surface area contributed by atoms with Gasteiger partial charge in [0.15, 0.2) is 0 Å². The maximum absolute atomic E-state index is 5.88. The van der Waals surface area contributed by atoms with E-state index in [1.807, 2.05) is 30.3 Å². The number of nitrogens with zero attached hydrogens (tertiary/aromatic N) is 3. The van der Waals surface area contributed by atoms with E-state index in [4.69, 9.17) is 10.5 Å². The second-order valence-electron chi connectivity index (χ2n) is 5.12. The molecule has 1 aliphatic rings. The largest absolute Gasteiger partial charge is 0.493 e. The number of hydrogen-bond donors (Lipinski definition) is 1. The predicted molar refractivity (Wildman–Crippen MR) is 76.3 cm³/mol. The molecule has 2 aromatic rings. The Morgan fingerprint density at radius 2 is 2.00 bits per heavy atom. The van der Waals surface area contributed by atoms with E-state index in [-0.39, 0.29) is 11.9 Å². The van der Waals surface area contributed by atoms with Crippen LogP contribution in [0, 0.1) is 5.92 Å². The molecule has 2 N–H and O–H groups in total. The van der Waals surface area contributed by atoms with Crippen LogP contribution in [0.15, 0.2) is 36.7 Å². The fraction of sp³-hybridized carbons (Fsp3) is 0.400. The van der Waals surface area contributed by atoms with Gasteiger partial charge in [0.05, 0.1) is 12.5 Å². The van der Waals surface area contributed by atoms with Gasteiger partial charge in [-0.25, -0.2) is 9.97 Å². The van der Waals surface area contributed by atoms with Gasteiger partial charge in [-0.05, 0) is 30.9 Å². The third-order valence-electron chi connectivity index (χ3n) is 3.83. The van der Waals surface area contributed by atoms with Crippen molar-refractivity contribution in [2.45, 2.75) is 25.2 Å². The van der Waals surface area contributed by atoms with Gasteiger partial charge in [-0.3, -0.25) is 0 Å². The molecule has 1 aromatic heterocycles. The normalized spacial score (nSPS) is 16.4. The van der Waals surface area contributed by atoms with Gasteiger partial charge in [-0.1, -0.05) is 24.6 Å². The number of hydrogen-bond acceptors (Lipinski definition) is 5. The van der Waals surface area contributed by atoms with Gasteiger partial charge in [0.25, 0.3) is 0 Å². The highest BCUT2D eigenvalue weighted by Crippen LogP contribution is 2.38. The predicted octanol–water partition coefficient (Wildman–Crippen LogP) is 2.42. The molecule has 3 rings (SSSR count). The Labute approximate surface area is 118 Å². The molecule has 20 heavy (non-hydrogen) atoms. The van der Waals surface area contributed by atoms with Crippen LogP contribution < -0.4 is 10.5 Å². The Morgan fingerprint density at radius 1 is 1.20 bits per heavy atom. The van der Waals surface area contributed by atoms with E-state index in [2.05, 4.69) is 15.0 Å². The molecule has 0 aliphatic heterocycles. The minimum Gasteiger partial charge on any atom is -0.493 e. The smallest absolute Gasteiger partial charge is 0.223 e. The molecule has 5 nitrogen and oxygen atoms in total. The number of nitrogen functional groups attached to an aromatic ring is 1. The molecule has 1 saturated carbocycles. The summed E-state index contributed by atoms with van der Waals surface area (Å²) in [6, 6.07) is 9.82. The zero-order valence-electron chi connectivity index (χ0n) is 11.3. The van der Waals surface area contributed by atoms with Crippen molar-refractivity contribution in [2.24, 2.45) is 5.92 Å². The van der Waals surface area contributed by atoms with Gasteiger partial charge >= 0.3 is 0 Å². The van der Waals surface area contributed by atoms with E-state index in [0.29, 0.717) is 12.5 Å². The fourth-order valence-corrected chi connectivity index (χ4v) is 2.47. The van der Waals surface area contributed by atoms with Crippen LogP contribution in [0.25, 0.3) is 0 Å². The molecule has 0 amide bonds. The molecule has 0 spiro atoms. The minimum absolute atomic E-state index is 0.189. The van der Waals surface area contributed by atoms with Crippen LogP contribution in [-0.4, -0.2) is 21.6 Å². The first-order valence-electron chi connectivity index (χ1n) is 6.95. The zero-order chi connectivity index (χ0) is 13.8. The summed E-state index contributed by atoms with van der Waals surface area (Å²) in [7, 11) is 0. The summed E-state index contributed by atoms with van der Waals surface area (Å²) in [6.07, 6.45) is 5.15. The number of para-hydroxylation sites is 1. The van der Waals surface area contributed by atoms with Gasteiger partial charge in [0.2, 0.25) is 5.95 Å². The lowest BCUT2D eigenvalue weighted by atomic mass is 9.76. The van der Waals surface area contributed by atoms with E-state index in [9.17, 15) is 0 Å². The van der Waals surface area contributed by atoms with Crippen molar-refractivity contribution in [1.82, 2.24) is 15.0 Å². The van der Waals surface area contributed by atoms with Crippen molar-refractivity contribution < 1.29 is 4.74 Å². The number of nitrogens with two attached hydrogens (primary N) is 1. The van der Waals surface area contributed by atoms with Crippen molar-refractivity contribution in [1.29, 1.82) is 0 Å². The second kappa shape index (κ2) is 5.86. The average Bonchev–Trinajstić information content (AvgIpc) is 2.42. The number of anilines is 1. The molecule has 1 fully saturated rings. The van der Waals surface area contributed by atoms with Crippen LogP contribution in [0.4, 0.5) is 5.95 Å². The molecule has 1 aromatic carbocycles. The molecule has 1 atom stereocenters. The number of rotatable bonds is 5. The summed E-state index contributed by atoms with van der Waals surface area (Å²) in [5.74, 6) is 2.67. The number of benzene rings is 1. The number of ether oxygens (including phenoxy) is 1. The van der Waals surface area contributed by atoms with Gasteiger partial charge in [-0.15, -0.1) is 0 Å². The van der Waals surface area contributed by atoms with Crippen molar-refractivity contribution in [3.8, 4) is 5.75 Å². The Bertz CT molecular complexity index is 557. The first kappa shape index (κ1) is 12.8. The van der Waals surface area contributed by atoms with Crippen LogP contribution in [0.1, 0.15) is 31.0 Å². The third kappa shape index (κ3) is 2.87. The molecule has 5 heteroatoms. The lowest BCUT2D eigenvalue weighted by Gasteiger charge is -2.32. The minimum atomic E-state index is 0.189. The zero-order valence-corrected chi connectivity index (χ0v) is 11.3. The van der Waals surface area contributed by atoms with Gasteiger partial charge in [-0.2, -0.15) is 4.98 Å². The van der Waals surface area contributed by atoms with E-state index in [0.717, 1.165) is 11.6 Å². The Kier molecular flexibility index (Phi) is 3.76. The third-order valence-corrected chi connectivity index (χ3v) is 3.83. The quantitative estimate of drug-likeness (QED) is 0.903. The van der Waals surface area contributed by atoms with Crippen LogP contribution in [0.3, 0.4) is 0 Å². The van der Waals surface area contributed by atoms with Gasteiger partial charge in [0.1, 0.15) is 17.9 Å². The average molecular weight is 270 g/mol. The molecule has 0 saturated heterocycles. The summed E-state index contributed by atoms with van der Waals surface area (Å²) in [4.78, 5) is 12.4. The van der Waals surface area contributed by atoms with Crippen molar-refractivity contribution in [3.63, 3.8) is 0 Å². The summed E-state index contributed by atoms with van der Waals surface area (Å²) in [5, 5.41) is 0. The Hall–Kier alpha value is -2.17. The van der Waals surface area contributed by atoms with Crippen LogP contribution in [-0.2, 0) is 0 Å². The summed E-state index contributed by atoms with van der Waals surface area (Å²) >= 11 is 0. The maximum atomic E-state index is 5.88. The van der Waals surface area contributed by atoms with Crippen LogP contribution >= 0.6 is 0 Å². The molecular weight excluding hydrogens is 252 g/mol. The highest BCUT2D eigenvalue weighted by Gasteiger charge is 2.31. The van der Waals surface area contributed by atoms with Crippen molar-refractivity contribution in [3.05, 3.63) is 42.5 Å². The lowest BCUT2D eigenvalue weighted by molar-refractivity contribution is 0.181. The van der Waals surface area contributed by atoms with Gasteiger partial charge in [0, 0.05) is 0 Å². The first-order chi connectivity index (χ1) is 9.83. The van der Waals surface area contributed by atoms with E-state index in [1.54, 1.807) is 0 Å². The molecule has 1 heterocycles. The summed E-state index contributed by atoms with van der Waals surface area (Å²) in [6.45, 7) is 0.581. The topological polar surface area (TPSA) is 73.9 Å². The van der Waals surface area contributed by atoms with E-state index >= 15 is 0 Å². The molecule has 104 valence electrons. The standard InChI is InChI=1S/C15H18N4O/c16-15-18-10-17-14(19-15)13(11-5-4-6-11)9-20-12-7-2-1-3-8-12/h1-3,7-8,10-11,13H,4-6,9H2,(H2,16,17,18,19)/t13-/m1/s1. The molecular formula is C15H18N4O. The highest BCUT2D eigenvalue weighted by atomic mass is 16.5. The molecule has 0 radical (unpaired) electrons. The van der Waals surface area contributed by atoms with Gasteiger partial charge < -0.3 is 10.5 Å². The number of aromatic nitrogens is 3. The SMILES string of the molecule is Nc1ncnc([C@H](COc2ccccc2)C2CCC2)n1. The van der Waals surface area contributed by atoms with Crippen LogP contribution in [0.5, 0.6) is 5.75 Å². The lowest BCUT2D eigenvalue weighted by Crippen LogP contribution is -2.27. The monoisotopic (exact) mass is 270 g/mol. The second-order valence-corrected chi connectivity index (χ2v) is 5.12.